The van der Waals surface area contributed by atoms with E-state index in [-0.39, 0.29) is 33.8 Å². The number of likely N-dealkylation sites (tertiary alicyclic amines) is 1. The highest BCUT2D eigenvalue weighted by atomic mass is 35.5. The molecule has 0 aliphatic carbocycles. The number of carbonyl (C=O) groups is 2. The fourth-order valence-corrected chi connectivity index (χ4v) is 5.00. The SMILES string of the molecule is O=C(Nc1cccc(S(=O)(=O)Nc2ccccc2Cl)c1)C1CC(=O)N(Cc2ccccc2)C1. The number of benzene rings is 3. The number of rotatable bonds is 7. The molecule has 170 valence electrons. The molecular weight excluding hydrogens is 462 g/mol. The van der Waals surface area contributed by atoms with Gasteiger partial charge in [-0.1, -0.05) is 60.1 Å². The van der Waals surface area contributed by atoms with Crippen LogP contribution in [0, 0.1) is 5.92 Å². The molecule has 0 saturated carbocycles. The largest absolute Gasteiger partial charge is 0.338 e. The van der Waals surface area contributed by atoms with Gasteiger partial charge in [-0.25, -0.2) is 8.42 Å². The van der Waals surface area contributed by atoms with Crippen LogP contribution in [0.5, 0.6) is 0 Å². The Balaban J connectivity index is 1.42. The molecule has 3 aromatic rings. The van der Waals surface area contributed by atoms with Crippen LogP contribution in [-0.4, -0.2) is 31.7 Å². The van der Waals surface area contributed by atoms with E-state index in [2.05, 4.69) is 10.0 Å². The molecule has 0 spiro atoms. The van der Waals surface area contributed by atoms with Crippen LogP contribution in [0.4, 0.5) is 11.4 Å². The Morgan fingerprint density at radius 3 is 2.48 bits per heavy atom. The summed E-state index contributed by atoms with van der Waals surface area (Å²) in [4.78, 5) is 26.8. The van der Waals surface area contributed by atoms with E-state index in [4.69, 9.17) is 11.6 Å². The highest BCUT2D eigenvalue weighted by Gasteiger charge is 2.34. The summed E-state index contributed by atoms with van der Waals surface area (Å²) < 4.78 is 28.0. The summed E-state index contributed by atoms with van der Waals surface area (Å²) in [6, 6.07) is 22.0. The molecule has 0 radical (unpaired) electrons. The maximum atomic E-state index is 12.8. The van der Waals surface area contributed by atoms with Gasteiger partial charge in [-0.2, -0.15) is 0 Å². The normalized spacial score (nSPS) is 16.0. The average molecular weight is 484 g/mol. The van der Waals surface area contributed by atoms with E-state index in [1.165, 1.54) is 18.2 Å². The topological polar surface area (TPSA) is 95.6 Å². The molecule has 1 saturated heterocycles. The first-order valence-corrected chi connectivity index (χ1v) is 12.2. The number of halogens is 1. The number of nitrogens with zero attached hydrogens (tertiary/aromatic N) is 1. The summed E-state index contributed by atoms with van der Waals surface area (Å²) in [5.41, 5.74) is 1.59. The third-order valence-electron chi connectivity index (χ3n) is 5.33. The molecule has 7 nitrogen and oxygen atoms in total. The third kappa shape index (κ3) is 5.53. The number of anilines is 2. The van der Waals surface area contributed by atoms with Gasteiger partial charge in [0.1, 0.15) is 0 Å². The molecule has 1 atom stereocenters. The summed E-state index contributed by atoms with van der Waals surface area (Å²) in [5.74, 6) is -0.922. The van der Waals surface area contributed by atoms with E-state index in [1.807, 2.05) is 30.3 Å². The Hall–Kier alpha value is -3.36. The van der Waals surface area contributed by atoms with Crippen molar-refractivity contribution in [3.8, 4) is 0 Å². The lowest BCUT2D eigenvalue weighted by Gasteiger charge is -2.17. The standard InChI is InChI=1S/C24H22ClN3O4S/c25-21-11-4-5-12-22(21)27-33(31,32)20-10-6-9-19(14-20)26-24(30)18-13-23(29)28(16-18)15-17-7-2-1-3-8-17/h1-12,14,18,27H,13,15-16H2,(H,26,30). The summed E-state index contributed by atoms with van der Waals surface area (Å²) >= 11 is 6.05. The van der Waals surface area contributed by atoms with Crippen molar-refractivity contribution in [2.24, 2.45) is 5.92 Å². The summed E-state index contributed by atoms with van der Waals surface area (Å²) in [6.45, 7) is 0.760. The smallest absolute Gasteiger partial charge is 0.262 e. The van der Waals surface area contributed by atoms with Gasteiger partial charge in [0.15, 0.2) is 0 Å². The first kappa shape index (κ1) is 22.8. The van der Waals surface area contributed by atoms with Gasteiger partial charge in [0.05, 0.1) is 21.5 Å². The lowest BCUT2D eigenvalue weighted by Crippen LogP contribution is -2.28. The minimum Gasteiger partial charge on any atom is -0.338 e. The Morgan fingerprint density at radius 1 is 1.00 bits per heavy atom. The average Bonchev–Trinajstić information content (AvgIpc) is 3.16. The van der Waals surface area contributed by atoms with Gasteiger partial charge in [-0.3, -0.25) is 14.3 Å². The third-order valence-corrected chi connectivity index (χ3v) is 7.02. The lowest BCUT2D eigenvalue weighted by molar-refractivity contribution is -0.128. The van der Waals surface area contributed by atoms with Gasteiger partial charge in [0.25, 0.3) is 10.0 Å². The molecule has 1 aliphatic heterocycles. The maximum absolute atomic E-state index is 12.8. The molecule has 33 heavy (non-hydrogen) atoms. The molecule has 1 fully saturated rings. The van der Waals surface area contributed by atoms with Gasteiger partial charge >= 0.3 is 0 Å². The minimum absolute atomic E-state index is 0.0200. The lowest BCUT2D eigenvalue weighted by atomic mass is 10.1. The van der Waals surface area contributed by atoms with Crippen LogP contribution in [0.15, 0.2) is 83.8 Å². The number of amides is 2. The van der Waals surface area contributed by atoms with Crippen molar-refractivity contribution >= 4 is 44.8 Å². The van der Waals surface area contributed by atoms with E-state index >= 15 is 0 Å². The first-order valence-electron chi connectivity index (χ1n) is 10.3. The fraction of sp³-hybridized carbons (Fsp3) is 0.167. The zero-order valence-electron chi connectivity index (χ0n) is 17.6. The predicted octanol–water partition coefficient (Wildman–Crippen LogP) is 4.13. The summed E-state index contributed by atoms with van der Waals surface area (Å²) in [6.07, 6.45) is 0.116. The Labute approximate surface area is 197 Å². The molecule has 0 bridgehead atoms. The van der Waals surface area contributed by atoms with Gasteiger partial charge in [-0.05, 0) is 35.9 Å². The van der Waals surface area contributed by atoms with E-state index in [0.717, 1.165) is 5.56 Å². The highest BCUT2D eigenvalue weighted by Crippen LogP contribution is 2.26. The molecule has 2 N–H and O–H groups in total. The zero-order chi connectivity index (χ0) is 23.4. The summed E-state index contributed by atoms with van der Waals surface area (Å²) in [5, 5.41) is 3.01. The fourth-order valence-electron chi connectivity index (χ4n) is 3.64. The molecule has 0 aromatic heterocycles. The number of para-hydroxylation sites is 1. The van der Waals surface area contributed by atoms with Crippen molar-refractivity contribution in [3.05, 3.63) is 89.4 Å². The number of carbonyl (C=O) groups excluding carboxylic acids is 2. The molecule has 1 unspecified atom stereocenters. The van der Waals surface area contributed by atoms with Crippen LogP contribution < -0.4 is 10.0 Å². The highest BCUT2D eigenvalue weighted by molar-refractivity contribution is 7.92. The van der Waals surface area contributed by atoms with Crippen LogP contribution in [-0.2, 0) is 26.2 Å². The second kappa shape index (κ2) is 9.64. The zero-order valence-corrected chi connectivity index (χ0v) is 19.1. The Morgan fingerprint density at radius 2 is 1.73 bits per heavy atom. The second-order valence-corrected chi connectivity index (χ2v) is 9.85. The quantitative estimate of drug-likeness (QED) is 0.528. The molecule has 2 amide bonds. The van der Waals surface area contributed by atoms with E-state index in [1.54, 1.807) is 35.2 Å². The predicted molar refractivity (Wildman–Crippen MR) is 127 cm³/mol. The molecule has 4 rings (SSSR count). The minimum atomic E-state index is -3.91. The van der Waals surface area contributed by atoms with Crippen molar-refractivity contribution in [1.29, 1.82) is 0 Å². The molecule has 3 aromatic carbocycles. The molecular formula is C24H22ClN3O4S. The van der Waals surface area contributed by atoms with Crippen molar-refractivity contribution in [2.45, 2.75) is 17.9 Å². The number of hydrogen-bond acceptors (Lipinski definition) is 4. The molecule has 9 heteroatoms. The van der Waals surface area contributed by atoms with Crippen LogP contribution in [0.3, 0.4) is 0 Å². The molecule has 1 aliphatic rings. The van der Waals surface area contributed by atoms with E-state index in [9.17, 15) is 18.0 Å². The van der Waals surface area contributed by atoms with Crippen LogP contribution >= 0.6 is 11.6 Å². The van der Waals surface area contributed by atoms with Crippen molar-refractivity contribution < 1.29 is 18.0 Å². The van der Waals surface area contributed by atoms with Crippen molar-refractivity contribution in [3.63, 3.8) is 0 Å². The van der Waals surface area contributed by atoms with Gasteiger partial charge < -0.3 is 10.2 Å². The van der Waals surface area contributed by atoms with Crippen LogP contribution in [0.2, 0.25) is 5.02 Å². The van der Waals surface area contributed by atoms with Gasteiger partial charge in [0.2, 0.25) is 11.8 Å². The maximum Gasteiger partial charge on any atom is 0.262 e. The Kier molecular flexibility index (Phi) is 6.67. The first-order chi connectivity index (χ1) is 15.8. The van der Waals surface area contributed by atoms with Crippen LogP contribution in [0.25, 0.3) is 0 Å². The van der Waals surface area contributed by atoms with Crippen molar-refractivity contribution in [2.75, 3.05) is 16.6 Å². The van der Waals surface area contributed by atoms with Gasteiger partial charge in [0, 0.05) is 25.2 Å². The van der Waals surface area contributed by atoms with E-state index in [0.29, 0.717) is 18.8 Å². The van der Waals surface area contributed by atoms with E-state index < -0.39 is 15.9 Å². The van der Waals surface area contributed by atoms with Gasteiger partial charge in [-0.15, -0.1) is 0 Å². The number of nitrogens with one attached hydrogen (secondary N) is 2. The number of hydrogen-bond donors (Lipinski definition) is 2. The monoisotopic (exact) mass is 483 g/mol. The summed E-state index contributed by atoms with van der Waals surface area (Å²) in [7, 11) is -3.91. The Bertz CT molecular complexity index is 1280. The number of sulfonamides is 1. The van der Waals surface area contributed by atoms with Crippen molar-refractivity contribution in [1.82, 2.24) is 4.90 Å². The molecule has 1 heterocycles. The van der Waals surface area contributed by atoms with Crippen LogP contribution in [0.1, 0.15) is 12.0 Å². The second-order valence-electron chi connectivity index (χ2n) is 7.76.